The number of aromatic nitrogens is 1. The lowest BCUT2D eigenvalue weighted by atomic mass is 9.99. The Kier molecular flexibility index (Phi) is 1.11. The molecular formula is C9H9NO. The summed E-state index contributed by atoms with van der Waals surface area (Å²) in [5.41, 5.74) is 1.07. The lowest BCUT2D eigenvalue weighted by molar-refractivity contribution is 0.395. The molecule has 1 aliphatic carbocycles. The highest BCUT2D eigenvalue weighted by molar-refractivity contribution is 5.40. The minimum Gasteiger partial charge on any atom is -0.361 e. The summed E-state index contributed by atoms with van der Waals surface area (Å²) >= 11 is 0. The molecule has 0 saturated heterocycles. The van der Waals surface area contributed by atoms with Crippen molar-refractivity contribution in [3.05, 3.63) is 17.5 Å². The molecule has 1 saturated carbocycles. The molecule has 1 aliphatic rings. The van der Waals surface area contributed by atoms with Gasteiger partial charge in [0.25, 0.3) is 0 Å². The van der Waals surface area contributed by atoms with Crippen molar-refractivity contribution in [1.82, 2.24) is 5.16 Å². The van der Waals surface area contributed by atoms with Crippen LogP contribution < -0.4 is 0 Å². The maximum Gasteiger partial charge on any atom is 0.138 e. The van der Waals surface area contributed by atoms with Crippen molar-refractivity contribution in [3.63, 3.8) is 0 Å². The summed E-state index contributed by atoms with van der Waals surface area (Å²) in [6.45, 7) is 1.90. The van der Waals surface area contributed by atoms with Gasteiger partial charge in [-0.05, 0) is 19.8 Å². The van der Waals surface area contributed by atoms with Gasteiger partial charge in [0.05, 0.1) is 11.6 Å². The van der Waals surface area contributed by atoms with Gasteiger partial charge >= 0.3 is 0 Å². The molecule has 11 heavy (non-hydrogen) atoms. The van der Waals surface area contributed by atoms with Gasteiger partial charge in [0, 0.05) is 5.56 Å². The van der Waals surface area contributed by atoms with E-state index in [0.717, 1.165) is 24.2 Å². The molecule has 1 heterocycles. The van der Waals surface area contributed by atoms with E-state index in [0.29, 0.717) is 0 Å². The van der Waals surface area contributed by atoms with Crippen molar-refractivity contribution in [1.29, 1.82) is 0 Å². The summed E-state index contributed by atoms with van der Waals surface area (Å²) in [4.78, 5) is 0. The lowest BCUT2D eigenvalue weighted by Crippen LogP contribution is -2.01. The molecule has 0 atom stereocenters. The molecule has 0 aliphatic heterocycles. The first-order chi connectivity index (χ1) is 5.28. The van der Waals surface area contributed by atoms with Gasteiger partial charge in [-0.25, -0.2) is 0 Å². The zero-order chi connectivity index (χ0) is 7.90. The van der Waals surface area contributed by atoms with Crippen molar-refractivity contribution >= 4 is 0 Å². The SMILES string of the molecule is C#CC1(c2cnoc2C)CC1. The van der Waals surface area contributed by atoms with Crippen LogP contribution in [0.3, 0.4) is 0 Å². The average Bonchev–Trinajstić information content (AvgIpc) is 2.70. The highest BCUT2D eigenvalue weighted by Gasteiger charge is 2.45. The van der Waals surface area contributed by atoms with Gasteiger partial charge in [0.2, 0.25) is 0 Å². The van der Waals surface area contributed by atoms with Gasteiger partial charge in [-0.1, -0.05) is 11.1 Å². The van der Waals surface area contributed by atoms with Crippen LogP contribution in [0.4, 0.5) is 0 Å². The highest BCUT2D eigenvalue weighted by Crippen LogP contribution is 2.48. The Morgan fingerprint density at radius 3 is 2.82 bits per heavy atom. The fourth-order valence-corrected chi connectivity index (χ4v) is 1.38. The molecule has 0 bridgehead atoms. The quantitative estimate of drug-likeness (QED) is 0.564. The predicted octanol–water partition coefficient (Wildman–Crippen LogP) is 1.65. The van der Waals surface area contributed by atoms with Crippen LogP contribution in [0.1, 0.15) is 24.2 Å². The van der Waals surface area contributed by atoms with E-state index in [4.69, 9.17) is 10.9 Å². The number of hydrogen-bond donors (Lipinski definition) is 0. The third kappa shape index (κ3) is 0.775. The first-order valence-electron chi connectivity index (χ1n) is 3.68. The standard InChI is InChI=1S/C9H9NO/c1-3-9(4-5-9)8-6-10-11-7(8)2/h1,6H,4-5H2,2H3. The van der Waals surface area contributed by atoms with Crippen molar-refractivity contribution in [3.8, 4) is 12.3 Å². The lowest BCUT2D eigenvalue weighted by Gasteiger charge is -2.02. The Morgan fingerprint density at radius 1 is 1.73 bits per heavy atom. The molecule has 1 aromatic heterocycles. The van der Waals surface area contributed by atoms with Gasteiger partial charge in [0.15, 0.2) is 0 Å². The van der Waals surface area contributed by atoms with Crippen LogP contribution >= 0.6 is 0 Å². The summed E-state index contributed by atoms with van der Waals surface area (Å²) in [6, 6.07) is 0. The number of nitrogens with zero attached hydrogens (tertiary/aromatic N) is 1. The van der Waals surface area contributed by atoms with Crippen LogP contribution in [0.5, 0.6) is 0 Å². The van der Waals surface area contributed by atoms with E-state index in [1.807, 2.05) is 6.92 Å². The van der Waals surface area contributed by atoms with Crippen LogP contribution in [-0.2, 0) is 5.41 Å². The minimum atomic E-state index is -0.0237. The third-order valence-electron chi connectivity index (χ3n) is 2.29. The Labute approximate surface area is 65.6 Å². The van der Waals surface area contributed by atoms with Gasteiger partial charge in [-0.3, -0.25) is 0 Å². The topological polar surface area (TPSA) is 26.0 Å². The second kappa shape index (κ2) is 1.88. The Hall–Kier alpha value is -1.23. The molecule has 2 heteroatoms. The summed E-state index contributed by atoms with van der Waals surface area (Å²) in [6.07, 6.45) is 9.30. The summed E-state index contributed by atoms with van der Waals surface area (Å²) in [5.74, 6) is 3.66. The monoisotopic (exact) mass is 147 g/mol. The van der Waals surface area contributed by atoms with E-state index >= 15 is 0 Å². The largest absolute Gasteiger partial charge is 0.361 e. The van der Waals surface area contributed by atoms with Crippen molar-refractivity contribution in [2.24, 2.45) is 0 Å². The summed E-state index contributed by atoms with van der Waals surface area (Å²) in [5, 5.41) is 3.71. The van der Waals surface area contributed by atoms with Crippen molar-refractivity contribution in [2.45, 2.75) is 25.2 Å². The zero-order valence-electron chi connectivity index (χ0n) is 6.42. The maximum atomic E-state index is 5.41. The van der Waals surface area contributed by atoms with E-state index < -0.39 is 0 Å². The van der Waals surface area contributed by atoms with Gasteiger partial charge in [-0.2, -0.15) is 0 Å². The average molecular weight is 147 g/mol. The maximum absolute atomic E-state index is 5.41. The Bertz CT molecular complexity index is 315. The molecule has 0 N–H and O–H groups in total. The number of hydrogen-bond acceptors (Lipinski definition) is 2. The molecular weight excluding hydrogens is 138 g/mol. The van der Waals surface area contributed by atoms with Crippen LogP contribution in [0, 0.1) is 19.3 Å². The van der Waals surface area contributed by atoms with E-state index in [2.05, 4.69) is 11.1 Å². The number of rotatable bonds is 1. The fourth-order valence-electron chi connectivity index (χ4n) is 1.38. The molecule has 0 radical (unpaired) electrons. The van der Waals surface area contributed by atoms with Crippen molar-refractivity contribution < 1.29 is 4.52 Å². The number of terminal acetylenes is 1. The summed E-state index contributed by atoms with van der Waals surface area (Å²) < 4.78 is 4.95. The Balaban J connectivity index is 2.45. The second-order valence-electron chi connectivity index (χ2n) is 3.02. The minimum absolute atomic E-state index is 0.0237. The molecule has 0 amide bonds. The van der Waals surface area contributed by atoms with Gasteiger partial charge in [-0.15, -0.1) is 6.42 Å². The van der Waals surface area contributed by atoms with Crippen molar-refractivity contribution in [2.75, 3.05) is 0 Å². The molecule has 56 valence electrons. The van der Waals surface area contributed by atoms with Crippen LogP contribution in [0.2, 0.25) is 0 Å². The first-order valence-corrected chi connectivity index (χ1v) is 3.68. The van der Waals surface area contributed by atoms with E-state index in [1.165, 1.54) is 0 Å². The predicted molar refractivity (Wildman–Crippen MR) is 41.0 cm³/mol. The van der Waals surface area contributed by atoms with Gasteiger partial charge < -0.3 is 4.52 Å². The van der Waals surface area contributed by atoms with Crippen LogP contribution in [0.25, 0.3) is 0 Å². The fraction of sp³-hybridized carbons (Fsp3) is 0.444. The zero-order valence-corrected chi connectivity index (χ0v) is 6.42. The molecule has 0 spiro atoms. The second-order valence-corrected chi connectivity index (χ2v) is 3.02. The molecule has 0 aromatic carbocycles. The van der Waals surface area contributed by atoms with E-state index in [9.17, 15) is 0 Å². The Morgan fingerprint density at radius 2 is 2.45 bits per heavy atom. The molecule has 2 nitrogen and oxygen atoms in total. The van der Waals surface area contributed by atoms with E-state index in [1.54, 1.807) is 6.20 Å². The molecule has 2 rings (SSSR count). The normalized spacial score (nSPS) is 19.3. The molecule has 1 fully saturated rings. The summed E-state index contributed by atoms with van der Waals surface area (Å²) in [7, 11) is 0. The van der Waals surface area contributed by atoms with Crippen LogP contribution in [0.15, 0.2) is 10.7 Å². The smallest absolute Gasteiger partial charge is 0.138 e. The number of aryl methyl sites for hydroxylation is 1. The van der Waals surface area contributed by atoms with E-state index in [-0.39, 0.29) is 5.41 Å². The molecule has 1 aromatic rings. The van der Waals surface area contributed by atoms with Crippen LogP contribution in [-0.4, -0.2) is 5.16 Å². The first kappa shape index (κ1) is 6.48. The third-order valence-corrected chi connectivity index (χ3v) is 2.29. The highest BCUT2D eigenvalue weighted by atomic mass is 16.5. The van der Waals surface area contributed by atoms with Gasteiger partial charge in [0.1, 0.15) is 5.76 Å². The molecule has 0 unspecified atom stereocenters.